The Labute approximate surface area is 133 Å². The van der Waals surface area contributed by atoms with E-state index >= 15 is 0 Å². The van der Waals surface area contributed by atoms with Crippen LogP contribution in [0.15, 0.2) is 66.0 Å². The van der Waals surface area contributed by atoms with Crippen molar-refractivity contribution in [2.45, 2.75) is 0 Å². The number of hydrogen-bond donors (Lipinski definition) is 3. The van der Waals surface area contributed by atoms with Gasteiger partial charge in [-0.05, 0) is 12.1 Å². The van der Waals surface area contributed by atoms with E-state index < -0.39 is 0 Å². The Hall–Kier alpha value is -3.41. The van der Waals surface area contributed by atoms with Gasteiger partial charge in [-0.2, -0.15) is 0 Å². The molecule has 0 unspecified atom stereocenters. The van der Waals surface area contributed by atoms with E-state index in [2.05, 4.69) is 15.0 Å². The van der Waals surface area contributed by atoms with Crippen molar-refractivity contribution in [2.75, 3.05) is 0 Å². The summed E-state index contributed by atoms with van der Waals surface area (Å²) in [6.07, 6.45) is 3.25. The van der Waals surface area contributed by atoms with E-state index in [0.29, 0.717) is 11.4 Å². The van der Waals surface area contributed by atoms with Gasteiger partial charge in [0.2, 0.25) is 0 Å². The molecule has 0 aliphatic carbocycles. The minimum absolute atomic E-state index is 0.0454. The second kappa shape index (κ2) is 6.15. The van der Waals surface area contributed by atoms with Crippen molar-refractivity contribution >= 4 is 28.3 Å². The van der Waals surface area contributed by atoms with E-state index in [1.54, 1.807) is 6.20 Å². The Morgan fingerprint density at radius 1 is 0.913 bits per heavy atom. The molecule has 0 aliphatic rings. The maximum atomic E-state index is 6.33. The molecule has 0 fully saturated rings. The summed E-state index contributed by atoms with van der Waals surface area (Å²) in [5.41, 5.74) is 20.9. The van der Waals surface area contributed by atoms with Crippen LogP contribution < -0.4 is 17.2 Å². The van der Waals surface area contributed by atoms with Crippen LogP contribution in [0.2, 0.25) is 0 Å². The van der Waals surface area contributed by atoms with Crippen LogP contribution >= 0.6 is 0 Å². The predicted molar refractivity (Wildman–Crippen MR) is 92.8 cm³/mol. The first kappa shape index (κ1) is 14.5. The van der Waals surface area contributed by atoms with Crippen molar-refractivity contribution in [3.8, 4) is 0 Å². The molecule has 23 heavy (non-hydrogen) atoms. The first-order valence-corrected chi connectivity index (χ1v) is 7.00. The van der Waals surface area contributed by atoms with Gasteiger partial charge in [-0.25, -0.2) is 15.0 Å². The van der Waals surface area contributed by atoms with Gasteiger partial charge in [-0.1, -0.05) is 36.4 Å². The molecule has 6 heteroatoms. The average Bonchev–Trinajstić information content (AvgIpc) is 2.59. The van der Waals surface area contributed by atoms with Crippen LogP contribution in [0, 0.1) is 0 Å². The molecule has 114 valence electrons. The lowest BCUT2D eigenvalue weighted by Crippen LogP contribution is -2.23. The first-order valence-electron chi connectivity index (χ1n) is 7.00. The van der Waals surface area contributed by atoms with Gasteiger partial charge >= 0.3 is 0 Å². The fourth-order valence-corrected chi connectivity index (χ4v) is 2.29. The summed E-state index contributed by atoms with van der Waals surface area (Å²) in [4.78, 5) is 12.4. The van der Waals surface area contributed by atoms with Gasteiger partial charge in [-0.3, -0.25) is 0 Å². The van der Waals surface area contributed by atoms with E-state index in [1.807, 2.05) is 48.5 Å². The Balaban J connectivity index is 2.19. The van der Waals surface area contributed by atoms with Crippen LogP contribution in [0.3, 0.4) is 0 Å². The SMILES string of the molecule is NC(N)=N/C(=C(\N)c1ccc2ncncc2c1)c1ccccc1. The van der Waals surface area contributed by atoms with Gasteiger partial charge < -0.3 is 17.2 Å². The first-order chi connectivity index (χ1) is 11.1. The highest BCUT2D eigenvalue weighted by Gasteiger charge is 2.09. The largest absolute Gasteiger partial charge is 0.396 e. The van der Waals surface area contributed by atoms with Gasteiger partial charge in [0.1, 0.15) is 6.33 Å². The van der Waals surface area contributed by atoms with E-state index in [4.69, 9.17) is 17.2 Å². The molecule has 0 atom stereocenters. The summed E-state index contributed by atoms with van der Waals surface area (Å²) in [5.74, 6) is -0.0454. The van der Waals surface area contributed by atoms with Gasteiger partial charge in [0.25, 0.3) is 0 Å². The monoisotopic (exact) mass is 304 g/mol. The average molecular weight is 304 g/mol. The normalized spacial score (nSPS) is 11.8. The van der Waals surface area contributed by atoms with Crippen molar-refractivity contribution in [1.29, 1.82) is 0 Å². The summed E-state index contributed by atoms with van der Waals surface area (Å²) in [6.45, 7) is 0. The number of hydrogen-bond acceptors (Lipinski definition) is 4. The Bertz CT molecular complexity index is 895. The molecule has 2 aromatic carbocycles. The molecule has 3 aromatic rings. The number of fused-ring (bicyclic) bond motifs is 1. The third kappa shape index (κ3) is 3.11. The van der Waals surface area contributed by atoms with Gasteiger partial charge in [0.15, 0.2) is 5.96 Å². The molecule has 1 heterocycles. The Morgan fingerprint density at radius 3 is 2.43 bits per heavy atom. The smallest absolute Gasteiger partial charge is 0.191 e. The fraction of sp³-hybridized carbons (Fsp3) is 0. The molecule has 0 radical (unpaired) electrons. The maximum absolute atomic E-state index is 6.33. The van der Waals surface area contributed by atoms with Gasteiger partial charge in [-0.15, -0.1) is 0 Å². The third-order valence-electron chi connectivity index (χ3n) is 3.36. The lowest BCUT2D eigenvalue weighted by Gasteiger charge is -2.10. The zero-order valence-corrected chi connectivity index (χ0v) is 12.3. The van der Waals surface area contributed by atoms with E-state index in [-0.39, 0.29) is 5.96 Å². The lowest BCUT2D eigenvalue weighted by atomic mass is 10.0. The number of aliphatic imine (C=N–C) groups is 1. The molecule has 0 amide bonds. The highest BCUT2D eigenvalue weighted by molar-refractivity contribution is 5.95. The highest BCUT2D eigenvalue weighted by Crippen LogP contribution is 2.25. The summed E-state index contributed by atoms with van der Waals surface area (Å²) in [5, 5.41) is 0.894. The summed E-state index contributed by atoms with van der Waals surface area (Å²) in [7, 11) is 0. The van der Waals surface area contributed by atoms with Crippen molar-refractivity contribution in [3.63, 3.8) is 0 Å². The van der Waals surface area contributed by atoms with E-state index in [9.17, 15) is 0 Å². The van der Waals surface area contributed by atoms with Gasteiger partial charge in [0.05, 0.1) is 16.9 Å². The second-order valence-electron chi connectivity index (χ2n) is 4.96. The zero-order valence-electron chi connectivity index (χ0n) is 12.3. The van der Waals surface area contributed by atoms with Crippen LogP contribution in [0.1, 0.15) is 11.1 Å². The fourth-order valence-electron chi connectivity index (χ4n) is 2.29. The summed E-state index contributed by atoms with van der Waals surface area (Å²) in [6, 6.07) is 15.2. The quantitative estimate of drug-likeness (QED) is 0.387. The van der Waals surface area contributed by atoms with Crippen LogP contribution in [-0.4, -0.2) is 15.9 Å². The minimum Gasteiger partial charge on any atom is -0.396 e. The van der Waals surface area contributed by atoms with Crippen molar-refractivity contribution in [3.05, 3.63) is 72.2 Å². The molecular formula is C17H16N6. The highest BCUT2D eigenvalue weighted by atomic mass is 15.0. The maximum Gasteiger partial charge on any atom is 0.191 e. The van der Waals surface area contributed by atoms with Crippen LogP contribution in [0.25, 0.3) is 22.3 Å². The number of guanidine groups is 1. The van der Waals surface area contributed by atoms with E-state index in [1.165, 1.54) is 6.33 Å². The Morgan fingerprint density at radius 2 is 1.70 bits per heavy atom. The molecule has 0 saturated carbocycles. The lowest BCUT2D eigenvalue weighted by molar-refractivity contribution is 1.22. The van der Waals surface area contributed by atoms with Gasteiger partial charge in [0, 0.05) is 22.7 Å². The number of aromatic nitrogens is 2. The van der Waals surface area contributed by atoms with Crippen molar-refractivity contribution in [1.82, 2.24) is 9.97 Å². The number of nitrogens with two attached hydrogens (primary N) is 3. The summed E-state index contributed by atoms with van der Waals surface area (Å²) < 4.78 is 0. The predicted octanol–water partition coefficient (Wildman–Crippen LogP) is 1.69. The molecular weight excluding hydrogens is 288 g/mol. The zero-order chi connectivity index (χ0) is 16.2. The second-order valence-corrected chi connectivity index (χ2v) is 4.96. The number of nitrogens with zero attached hydrogens (tertiary/aromatic N) is 3. The summed E-state index contributed by atoms with van der Waals surface area (Å²) >= 11 is 0. The van der Waals surface area contributed by atoms with Crippen LogP contribution in [0.5, 0.6) is 0 Å². The number of benzene rings is 2. The van der Waals surface area contributed by atoms with Crippen molar-refractivity contribution < 1.29 is 0 Å². The standard InChI is InChI=1S/C17H16N6/c18-15(12-6-7-14-13(8-12)9-21-10-22-14)16(23-17(19)20)11-4-2-1-3-5-11/h1-10H,18H2,(H4,19,20,23)/b16-15-. The van der Waals surface area contributed by atoms with Crippen LogP contribution in [-0.2, 0) is 0 Å². The molecule has 6 nitrogen and oxygen atoms in total. The molecule has 0 bridgehead atoms. The molecule has 0 spiro atoms. The molecule has 0 aliphatic heterocycles. The minimum atomic E-state index is -0.0454. The van der Waals surface area contributed by atoms with E-state index in [0.717, 1.165) is 22.0 Å². The van der Waals surface area contributed by atoms with Crippen LogP contribution in [0.4, 0.5) is 0 Å². The van der Waals surface area contributed by atoms with Crippen molar-refractivity contribution in [2.24, 2.45) is 22.2 Å². The molecule has 1 aromatic heterocycles. The third-order valence-corrected chi connectivity index (χ3v) is 3.36. The molecule has 3 rings (SSSR count). The Kier molecular flexibility index (Phi) is 3.88. The number of rotatable bonds is 3. The molecule has 6 N–H and O–H groups in total. The topological polar surface area (TPSA) is 116 Å². The molecule has 0 saturated heterocycles.